The number of hydrogen-bond acceptors (Lipinski definition) is 2. The Bertz CT molecular complexity index is 432. The van der Waals surface area contributed by atoms with Crippen LogP contribution in [0.4, 0.5) is 5.69 Å². The molecule has 0 radical (unpaired) electrons. The molecule has 2 aliphatic carbocycles. The number of benzene rings is 1. The highest BCUT2D eigenvalue weighted by molar-refractivity contribution is 5.78. The summed E-state index contributed by atoms with van der Waals surface area (Å²) in [6, 6.07) is 6.25. The van der Waals surface area contributed by atoms with Crippen molar-refractivity contribution in [2.45, 2.75) is 32.6 Å². The Balaban J connectivity index is 1.78. The molecule has 2 nitrogen and oxygen atoms in total. The molecular weight excluding hydrogens is 222 g/mol. The normalized spacial score (nSPS) is 18.7. The fraction of sp³-hybridized carbons (Fsp3) is 0.562. The zero-order valence-corrected chi connectivity index (χ0v) is 11.1. The van der Waals surface area contributed by atoms with E-state index in [1.165, 1.54) is 44.5 Å². The molecule has 0 spiro atoms. The standard InChI is InChI=1S/C16H21NO/c1-12-8-16(7-6-15(12)11-18)17(9-13-2-3-13)10-14-4-5-14/h6-8,11,13-14H,2-5,9-10H2,1H3. The number of carbonyl (C=O) groups is 1. The number of carbonyl (C=O) groups excluding carboxylic acids is 1. The number of aldehydes is 1. The number of rotatable bonds is 6. The van der Waals surface area contributed by atoms with Gasteiger partial charge in [0.1, 0.15) is 6.29 Å². The first-order valence-electron chi connectivity index (χ1n) is 7.07. The number of nitrogens with zero attached hydrogens (tertiary/aromatic N) is 1. The van der Waals surface area contributed by atoms with E-state index in [4.69, 9.17) is 0 Å². The minimum absolute atomic E-state index is 0.816. The summed E-state index contributed by atoms with van der Waals surface area (Å²) in [6.07, 6.45) is 6.53. The largest absolute Gasteiger partial charge is 0.371 e. The molecule has 2 heteroatoms. The van der Waals surface area contributed by atoms with Gasteiger partial charge in [0, 0.05) is 24.3 Å². The molecule has 0 aromatic heterocycles. The molecule has 0 atom stereocenters. The van der Waals surface area contributed by atoms with Gasteiger partial charge < -0.3 is 4.90 Å². The van der Waals surface area contributed by atoms with Crippen LogP contribution in [0.1, 0.15) is 41.6 Å². The molecule has 2 aliphatic rings. The van der Waals surface area contributed by atoms with Crippen LogP contribution in [-0.2, 0) is 0 Å². The Morgan fingerprint density at radius 1 is 1.17 bits per heavy atom. The average Bonchev–Trinajstić information content (AvgIpc) is 3.23. The van der Waals surface area contributed by atoms with E-state index in [0.717, 1.165) is 29.2 Å². The fourth-order valence-corrected chi connectivity index (χ4v) is 2.50. The zero-order chi connectivity index (χ0) is 12.5. The van der Waals surface area contributed by atoms with Gasteiger partial charge in [-0.1, -0.05) is 0 Å². The van der Waals surface area contributed by atoms with Crippen molar-refractivity contribution in [2.24, 2.45) is 11.8 Å². The van der Waals surface area contributed by atoms with E-state index >= 15 is 0 Å². The van der Waals surface area contributed by atoms with E-state index < -0.39 is 0 Å². The quantitative estimate of drug-likeness (QED) is 0.713. The molecular formula is C16H21NO. The molecule has 0 bridgehead atoms. The lowest BCUT2D eigenvalue weighted by Gasteiger charge is -2.25. The molecule has 2 fully saturated rings. The Labute approximate surface area is 109 Å². The van der Waals surface area contributed by atoms with Gasteiger partial charge in [-0.05, 0) is 68.2 Å². The third kappa shape index (κ3) is 2.74. The van der Waals surface area contributed by atoms with E-state index in [1.807, 2.05) is 13.0 Å². The van der Waals surface area contributed by atoms with Gasteiger partial charge in [0.05, 0.1) is 0 Å². The van der Waals surface area contributed by atoms with Crippen LogP contribution in [0.3, 0.4) is 0 Å². The van der Waals surface area contributed by atoms with E-state index in [-0.39, 0.29) is 0 Å². The SMILES string of the molecule is Cc1cc(N(CC2CC2)CC2CC2)ccc1C=O. The van der Waals surface area contributed by atoms with Gasteiger partial charge in [-0.15, -0.1) is 0 Å². The smallest absolute Gasteiger partial charge is 0.150 e. The highest BCUT2D eigenvalue weighted by Gasteiger charge is 2.29. The third-order valence-electron chi connectivity index (χ3n) is 4.10. The second-order valence-electron chi connectivity index (χ2n) is 5.95. The van der Waals surface area contributed by atoms with Gasteiger partial charge in [0.2, 0.25) is 0 Å². The van der Waals surface area contributed by atoms with Crippen LogP contribution in [0, 0.1) is 18.8 Å². The van der Waals surface area contributed by atoms with Gasteiger partial charge in [-0.2, -0.15) is 0 Å². The topological polar surface area (TPSA) is 20.3 Å². The Morgan fingerprint density at radius 2 is 1.78 bits per heavy atom. The molecule has 0 saturated heterocycles. The Morgan fingerprint density at radius 3 is 2.22 bits per heavy atom. The van der Waals surface area contributed by atoms with Crippen LogP contribution < -0.4 is 4.90 Å². The van der Waals surface area contributed by atoms with E-state index in [0.29, 0.717) is 0 Å². The van der Waals surface area contributed by atoms with Crippen LogP contribution in [-0.4, -0.2) is 19.4 Å². The Kier molecular flexibility index (Phi) is 3.11. The van der Waals surface area contributed by atoms with Crippen LogP contribution >= 0.6 is 0 Å². The van der Waals surface area contributed by atoms with Crippen LogP contribution in [0.5, 0.6) is 0 Å². The predicted octanol–water partition coefficient (Wildman–Crippen LogP) is 3.43. The third-order valence-corrected chi connectivity index (χ3v) is 4.10. The lowest BCUT2D eigenvalue weighted by molar-refractivity contribution is 0.112. The second-order valence-corrected chi connectivity index (χ2v) is 5.95. The summed E-state index contributed by atoms with van der Waals surface area (Å²) >= 11 is 0. The second kappa shape index (κ2) is 4.75. The van der Waals surface area contributed by atoms with Crippen molar-refractivity contribution < 1.29 is 4.79 Å². The maximum atomic E-state index is 10.9. The first-order chi connectivity index (χ1) is 8.76. The minimum Gasteiger partial charge on any atom is -0.371 e. The van der Waals surface area contributed by atoms with Gasteiger partial charge in [-0.25, -0.2) is 0 Å². The predicted molar refractivity (Wildman–Crippen MR) is 74.2 cm³/mol. The van der Waals surface area contributed by atoms with E-state index in [9.17, 15) is 4.79 Å². The van der Waals surface area contributed by atoms with Crippen molar-refractivity contribution in [1.29, 1.82) is 0 Å². The van der Waals surface area contributed by atoms with Crippen LogP contribution in [0.2, 0.25) is 0 Å². The zero-order valence-electron chi connectivity index (χ0n) is 11.1. The first-order valence-corrected chi connectivity index (χ1v) is 7.07. The summed E-state index contributed by atoms with van der Waals surface area (Å²) < 4.78 is 0. The van der Waals surface area contributed by atoms with E-state index in [1.54, 1.807) is 0 Å². The van der Waals surface area contributed by atoms with Crippen molar-refractivity contribution in [3.05, 3.63) is 29.3 Å². The highest BCUT2D eigenvalue weighted by atomic mass is 16.1. The van der Waals surface area contributed by atoms with E-state index in [2.05, 4.69) is 17.0 Å². The van der Waals surface area contributed by atoms with Crippen molar-refractivity contribution in [1.82, 2.24) is 0 Å². The van der Waals surface area contributed by atoms with Crippen molar-refractivity contribution >= 4 is 12.0 Å². The summed E-state index contributed by atoms with van der Waals surface area (Å²) in [5.74, 6) is 1.82. The molecule has 1 aromatic rings. The maximum absolute atomic E-state index is 10.9. The molecule has 0 N–H and O–H groups in total. The van der Waals surface area contributed by atoms with Gasteiger partial charge >= 0.3 is 0 Å². The monoisotopic (exact) mass is 243 g/mol. The lowest BCUT2D eigenvalue weighted by atomic mass is 10.1. The first kappa shape index (κ1) is 11.8. The maximum Gasteiger partial charge on any atom is 0.150 e. The molecule has 3 rings (SSSR count). The number of aryl methyl sites for hydroxylation is 1. The number of hydrogen-bond donors (Lipinski definition) is 0. The van der Waals surface area contributed by atoms with Crippen LogP contribution in [0.25, 0.3) is 0 Å². The molecule has 1 aromatic carbocycles. The summed E-state index contributed by atoms with van der Waals surface area (Å²) in [7, 11) is 0. The molecule has 18 heavy (non-hydrogen) atoms. The summed E-state index contributed by atoms with van der Waals surface area (Å²) in [6.45, 7) is 4.44. The average molecular weight is 243 g/mol. The molecule has 0 unspecified atom stereocenters. The summed E-state index contributed by atoms with van der Waals surface area (Å²) in [5, 5.41) is 0. The van der Waals surface area contributed by atoms with Crippen LogP contribution in [0.15, 0.2) is 18.2 Å². The summed E-state index contributed by atoms with van der Waals surface area (Å²) in [4.78, 5) is 13.4. The minimum atomic E-state index is 0.816. The summed E-state index contributed by atoms with van der Waals surface area (Å²) in [5.41, 5.74) is 3.22. The molecule has 0 amide bonds. The van der Waals surface area contributed by atoms with Crippen molar-refractivity contribution in [3.8, 4) is 0 Å². The van der Waals surface area contributed by atoms with Crippen molar-refractivity contribution in [2.75, 3.05) is 18.0 Å². The number of anilines is 1. The molecule has 0 aliphatic heterocycles. The lowest BCUT2D eigenvalue weighted by Crippen LogP contribution is -2.28. The fourth-order valence-electron chi connectivity index (χ4n) is 2.50. The highest BCUT2D eigenvalue weighted by Crippen LogP contribution is 2.36. The van der Waals surface area contributed by atoms with Gasteiger partial charge in [0.25, 0.3) is 0 Å². The molecule has 96 valence electrons. The van der Waals surface area contributed by atoms with Crippen molar-refractivity contribution in [3.63, 3.8) is 0 Å². The van der Waals surface area contributed by atoms with Gasteiger partial charge in [0.15, 0.2) is 0 Å². The molecule has 2 saturated carbocycles. The molecule has 0 heterocycles. The van der Waals surface area contributed by atoms with Gasteiger partial charge in [-0.3, -0.25) is 4.79 Å². The Hall–Kier alpha value is -1.31.